The van der Waals surface area contributed by atoms with E-state index in [1.807, 2.05) is 39.8 Å². The van der Waals surface area contributed by atoms with Gasteiger partial charge in [0.25, 0.3) is 11.8 Å². The summed E-state index contributed by atoms with van der Waals surface area (Å²) in [6.07, 6.45) is 0. The van der Waals surface area contributed by atoms with Crippen LogP contribution in [0.25, 0.3) is 11.1 Å². The lowest BCUT2D eigenvalue weighted by Gasteiger charge is -2.10. The van der Waals surface area contributed by atoms with Crippen LogP contribution in [0, 0.1) is 0 Å². The van der Waals surface area contributed by atoms with E-state index in [1.54, 1.807) is 24.3 Å². The van der Waals surface area contributed by atoms with Gasteiger partial charge in [-0.2, -0.15) is 0 Å². The van der Waals surface area contributed by atoms with E-state index in [-0.39, 0.29) is 42.9 Å². The van der Waals surface area contributed by atoms with Gasteiger partial charge in [0.15, 0.2) is 19.0 Å². The van der Waals surface area contributed by atoms with E-state index in [0.29, 0.717) is 22.6 Å². The number of amides is 2. The molecule has 0 unspecified atom stereocenters. The average Bonchev–Trinajstić information content (AvgIpc) is 2.95. The summed E-state index contributed by atoms with van der Waals surface area (Å²) in [7, 11) is 0. The standard InChI is InChI=1S/C23H26N2O5/c1-13(2)24-21(26)11-29-15-5-7-17-18-8-6-16(30-12-22(27)25-14(3)4)10-20(18)23(28)19(17)9-15/h5-10,13-14H,11-12H2,1-4H3,(H,24,26)(H,25,27). The Morgan fingerprint density at radius 2 is 1.13 bits per heavy atom. The summed E-state index contributed by atoms with van der Waals surface area (Å²) in [5, 5.41) is 5.50. The van der Waals surface area contributed by atoms with Gasteiger partial charge >= 0.3 is 0 Å². The number of benzene rings is 2. The average molecular weight is 410 g/mol. The quantitative estimate of drug-likeness (QED) is 0.596. The summed E-state index contributed by atoms with van der Waals surface area (Å²) in [5.41, 5.74) is 2.64. The number of hydrogen-bond donors (Lipinski definition) is 2. The van der Waals surface area contributed by atoms with Gasteiger partial charge in [-0.15, -0.1) is 0 Å². The number of hydrogen-bond acceptors (Lipinski definition) is 5. The fraction of sp³-hybridized carbons (Fsp3) is 0.348. The van der Waals surface area contributed by atoms with E-state index in [4.69, 9.17) is 9.47 Å². The van der Waals surface area contributed by atoms with Gasteiger partial charge in [-0.25, -0.2) is 0 Å². The fourth-order valence-electron chi connectivity index (χ4n) is 3.24. The number of fused-ring (bicyclic) bond motifs is 3. The van der Waals surface area contributed by atoms with E-state index >= 15 is 0 Å². The van der Waals surface area contributed by atoms with Crippen molar-refractivity contribution in [2.75, 3.05) is 13.2 Å². The lowest BCUT2D eigenvalue weighted by atomic mass is 10.1. The third-order valence-electron chi connectivity index (χ3n) is 4.40. The summed E-state index contributed by atoms with van der Waals surface area (Å²) in [5.74, 6) is 0.326. The highest BCUT2D eigenvalue weighted by molar-refractivity contribution is 6.22. The third-order valence-corrected chi connectivity index (χ3v) is 4.40. The molecule has 0 heterocycles. The molecule has 158 valence electrons. The van der Waals surface area contributed by atoms with Crippen molar-refractivity contribution < 1.29 is 23.9 Å². The molecule has 2 aromatic carbocycles. The molecule has 2 N–H and O–H groups in total. The van der Waals surface area contributed by atoms with Crippen LogP contribution in [0.5, 0.6) is 11.5 Å². The van der Waals surface area contributed by atoms with Crippen molar-refractivity contribution in [3.63, 3.8) is 0 Å². The molecule has 30 heavy (non-hydrogen) atoms. The highest BCUT2D eigenvalue weighted by Crippen LogP contribution is 2.39. The first-order chi connectivity index (χ1) is 14.2. The second kappa shape index (κ2) is 8.98. The first-order valence-electron chi connectivity index (χ1n) is 9.92. The van der Waals surface area contributed by atoms with E-state index in [9.17, 15) is 14.4 Å². The van der Waals surface area contributed by atoms with Gasteiger partial charge in [0.1, 0.15) is 11.5 Å². The lowest BCUT2D eigenvalue weighted by molar-refractivity contribution is -0.124. The van der Waals surface area contributed by atoms with Gasteiger partial charge in [0.2, 0.25) is 0 Å². The summed E-state index contributed by atoms with van der Waals surface area (Å²) in [6, 6.07) is 10.5. The van der Waals surface area contributed by atoms with Gasteiger partial charge in [-0.1, -0.05) is 0 Å². The van der Waals surface area contributed by atoms with Crippen LogP contribution in [0.3, 0.4) is 0 Å². The second-order valence-corrected chi connectivity index (χ2v) is 7.77. The van der Waals surface area contributed by atoms with Crippen molar-refractivity contribution in [1.29, 1.82) is 0 Å². The number of carbonyl (C=O) groups is 3. The summed E-state index contributed by atoms with van der Waals surface area (Å²) in [6.45, 7) is 7.26. The van der Waals surface area contributed by atoms with Crippen LogP contribution >= 0.6 is 0 Å². The van der Waals surface area contributed by atoms with Gasteiger partial charge in [0.05, 0.1) is 0 Å². The van der Waals surface area contributed by atoms with Gasteiger partial charge in [-0.3, -0.25) is 14.4 Å². The number of rotatable bonds is 8. The Hall–Kier alpha value is -3.35. The van der Waals surface area contributed by atoms with Crippen molar-refractivity contribution in [1.82, 2.24) is 10.6 Å². The molecular formula is C23H26N2O5. The van der Waals surface area contributed by atoms with Crippen LogP contribution in [0.2, 0.25) is 0 Å². The maximum atomic E-state index is 12.9. The first-order valence-corrected chi connectivity index (χ1v) is 9.92. The molecule has 0 saturated heterocycles. The molecule has 2 aromatic rings. The van der Waals surface area contributed by atoms with E-state index in [1.165, 1.54) is 0 Å². The maximum Gasteiger partial charge on any atom is 0.258 e. The van der Waals surface area contributed by atoms with Gasteiger partial charge in [0, 0.05) is 23.2 Å². The minimum absolute atomic E-state index is 0.0325. The smallest absolute Gasteiger partial charge is 0.258 e. The Bertz CT molecular complexity index is 904. The molecule has 0 aliphatic heterocycles. The molecule has 2 amide bonds. The van der Waals surface area contributed by atoms with Gasteiger partial charge in [-0.05, 0) is 75.2 Å². The molecular weight excluding hydrogens is 384 g/mol. The molecule has 0 bridgehead atoms. The molecule has 0 spiro atoms. The normalized spacial score (nSPS) is 11.9. The highest BCUT2D eigenvalue weighted by atomic mass is 16.5. The number of ether oxygens (including phenoxy) is 2. The van der Waals surface area contributed by atoms with Crippen LogP contribution in [-0.4, -0.2) is 42.9 Å². The van der Waals surface area contributed by atoms with Crippen LogP contribution in [0.4, 0.5) is 0 Å². The van der Waals surface area contributed by atoms with Crippen LogP contribution in [0.1, 0.15) is 43.6 Å². The Kier molecular flexibility index (Phi) is 6.40. The Morgan fingerprint density at radius 1 is 0.733 bits per heavy atom. The molecule has 0 atom stereocenters. The molecule has 1 aliphatic rings. The fourth-order valence-corrected chi connectivity index (χ4v) is 3.24. The van der Waals surface area contributed by atoms with Crippen molar-refractivity contribution in [2.45, 2.75) is 39.8 Å². The minimum Gasteiger partial charge on any atom is -0.484 e. The number of nitrogens with one attached hydrogen (secondary N) is 2. The van der Waals surface area contributed by atoms with Crippen molar-refractivity contribution in [3.05, 3.63) is 47.5 Å². The zero-order chi connectivity index (χ0) is 21.8. The third kappa shape index (κ3) is 4.97. The largest absolute Gasteiger partial charge is 0.484 e. The molecule has 0 fully saturated rings. The first kappa shape index (κ1) is 21.4. The monoisotopic (exact) mass is 410 g/mol. The van der Waals surface area contributed by atoms with E-state index < -0.39 is 0 Å². The Labute approximate surface area is 175 Å². The second-order valence-electron chi connectivity index (χ2n) is 7.77. The summed E-state index contributed by atoms with van der Waals surface area (Å²) >= 11 is 0. The SMILES string of the molecule is CC(C)NC(=O)COc1ccc2c(c1)C(=O)c1cc(OCC(=O)NC(C)C)ccc1-2. The predicted molar refractivity (Wildman–Crippen MR) is 113 cm³/mol. The Morgan fingerprint density at radius 3 is 1.50 bits per heavy atom. The van der Waals surface area contributed by atoms with Crippen molar-refractivity contribution >= 4 is 17.6 Å². The highest BCUT2D eigenvalue weighted by Gasteiger charge is 2.27. The maximum absolute atomic E-state index is 12.9. The number of carbonyl (C=O) groups excluding carboxylic acids is 3. The van der Waals surface area contributed by atoms with Crippen molar-refractivity contribution in [3.8, 4) is 22.6 Å². The molecule has 1 aliphatic carbocycles. The topological polar surface area (TPSA) is 93.7 Å². The van der Waals surface area contributed by atoms with Gasteiger partial charge < -0.3 is 20.1 Å². The molecule has 7 nitrogen and oxygen atoms in total. The molecule has 3 rings (SSSR count). The summed E-state index contributed by atoms with van der Waals surface area (Å²) < 4.78 is 11.1. The van der Waals surface area contributed by atoms with E-state index in [0.717, 1.165) is 11.1 Å². The minimum atomic E-state index is -0.219. The Balaban J connectivity index is 1.70. The van der Waals surface area contributed by atoms with Crippen molar-refractivity contribution in [2.24, 2.45) is 0 Å². The summed E-state index contributed by atoms with van der Waals surface area (Å²) in [4.78, 5) is 36.4. The molecule has 0 saturated carbocycles. The van der Waals surface area contributed by atoms with Crippen LogP contribution in [-0.2, 0) is 9.59 Å². The van der Waals surface area contributed by atoms with E-state index in [2.05, 4.69) is 10.6 Å². The molecule has 7 heteroatoms. The predicted octanol–water partition coefficient (Wildman–Crippen LogP) is 2.70. The van der Waals surface area contributed by atoms with Crippen LogP contribution < -0.4 is 20.1 Å². The molecule has 0 aromatic heterocycles. The zero-order valence-electron chi connectivity index (χ0n) is 17.6. The van der Waals surface area contributed by atoms with Crippen LogP contribution in [0.15, 0.2) is 36.4 Å². The zero-order valence-corrected chi connectivity index (χ0v) is 17.6. The number of ketones is 1. The lowest BCUT2D eigenvalue weighted by Crippen LogP contribution is -2.34. The molecule has 0 radical (unpaired) electrons.